The van der Waals surface area contributed by atoms with E-state index in [2.05, 4.69) is 9.97 Å². The molecule has 22 heavy (non-hydrogen) atoms. The van der Waals surface area contributed by atoms with Gasteiger partial charge in [-0.2, -0.15) is 0 Å². The monoisotopic (exact) mass is 288 g/mol. The standard InChI is InChI=1S/C18H12N2O2/c1-3-7-13(8-4-1)15-16(14-9-5-2-6-10-14)22-18(20-15)17-19-11-12-21-17/h1-12H. The van der Waals surface area contributed by atoms with Gasteiger partial charge in [0.2, 0.25) is 0 Å². The molecule has 0 saturated carbocycles. The van der Waals surface area contributed by atoms with E-state index in [4.69, 9.17) is 8.83 Å². The van der Waals surface area contributed by atoms with Gasteiger partial charge in [0.1, 0.15) is 12.0 Å². The van der Waals surface area contributed by atoms with Crippen LogP contribution >= 0.6 is 0 Å². The van der Waals surface area contributed by atoms with Gasteiger partial charge < -0.3 is 8.83 Å². The molecule has 0 spiro atoms. The molecule has 0 aliphatic heterocycles. The predicted octanol–water partition coefficient (Wildman–Crippen LogP) is 4.66. The minimum atomic E-state index is 0.374. The number of aromatic nitrogens is 2. The van der Waals surface area contributed by atoms with Gasteiger partial charge in [-0.25, -0.2) is 9.97 Å². The maximum absolute atomic E-state index is 5.93. The SMILES string of the molecule is c1ccc(-c2nc(-c3ncco3)oc2-c2ccccc2)cc1. The summed E-state index contributed by atoms with van der Waals surface area (Å²) in [4.78, 5) is 8.68. The van der Waals surface area contributed by atoms with Crippen molar-refractivity contribution in [1.29, 1.82) is 0 Å². The number of benzene rings is 2. The molecule has 4 rings (SSSR count). The molecule has 0 bridgehead atoms. The van der Waals surface area contributed by atoms with Crippen molar-refractivity contribution in [2.75, 3.05) is 0 Å². The fourth-order valence-corrected chi connectivity index (χ4v) is 2.32. The van der Waals surface area contributed by atoms with Crippen molar-refractivity contribution < 1.29 is 8.83 Å². The van der Waals surface area contributed by atoms with E-state index in [-0.39, 0.29) is 0 Å². The summed E-state index contributed by atoms with van der Waals surface area (Å²) in [5, 5.41) is 0. The highest BCUT2D eigenvalue weighted by Gasteiger charge is 2.19. The van der Waals surface area contributed by atoms with Crippen molar-refractivity contribution in [3.63, 3.8) is 0 Å². The first-order valence-electron chi connectivity index (χ1n) is 6.93. The van der Waals surface area contributed by atoms with E-state index in [9.17, 15) is 0 Å². The molecule has 4 nitrogen and oxygen atoms in total. The Labute approximate surface area is 127 Å². The van der Waals surface area contributed by atoms with Crippen molar-refractivity contribution in [1.82, 2.24) is 9.97 Å². The Morgan fingerprint density at radius 1 is 0.727 bits per heavy atom. The zero-order chi connectivity index (χ0) is 14.8. The molecule has 0 unspecified atom stereocenters. The van der Waals surface area contributed by atoms with Crippen molar-refractivity contribution >= 4 is 0 Å². The molecule has 4 heteroatoms. The van der Waals surface area contributed by atoms with E-state index in [1.807, 2.05) is 60.7 Å². The summed E-state index contributed by atoms with van der Waals surface area (Å²) in [6, 6.07) is 19.8. The van der Waals surface area contributed by atoms with Crippen LogP contribution in [0.2, 0.25) is 0 Å². The summed E-state index contributed by atoms with van der Waals surface area (Å²) >= 11 is 0. The van der Waals surface area contributed by atoms with Crippen LogP contribution in [0.4, 0.5) is 0 Å². The molecule has 0 fully saturated rings. The lowest BCUT2D eigenvalue weighted by molar-refractivity contribution is 0.516. The Hall–Kier alpha value is -3.14. The molecule has 0 radical (unpaired) electrons. The van der Waals surface area contributed by atoms with Crippen LogP contribution in [0.1, 0.15) is 0 Å². The van der Waals surface area contributed by atoms with E-state index in [0.29, 0.717) is 17.5 Å². The fourth-order valence-electron chi connectivity index (χ4n) is 2.32. The molecule has 106 valence electrons. The first-order valence-corrected chi connectivity index (χ1v) is 6.93. The number of nitrogens with zero attached hydrogens (tertiary/aromatic N) is 2. The van der Waals surface area contributed by atoms with Gasteiger partial charge in [-0.3, -0.25) is 0 Å². The molecule has 0 aliphatic carbocycles. The smallest absolute Gasteiger partial charge is 0.284 e. The summed E-state index contributed by atoms with van der Waals surface area (Å²) in [7, 11) is 0. The van der Waals surface area contributed by atoms with Gasteiger partial charge in [0.15, 0.2) is 5.76 Å². The largest absolute Gasteiger partial charge is 0.441 e. The van der Waals surface area contributed by atoms with Gasteiger partial charge in [-0.15, -0.1) is 0 Å². The third-order valence-electron chi connectivity index (χ3n) is 3.33. The fraction of sp³-hybridized carbons (Fsp3) is 0. The lowest BCUT2D eigenvalue weighted by Gasteiger charge is -2.00. The van der Waals surface area contributed by atoms with E-state index in [0.717, 1.165) is 16.8 Å². The molecular formula is C18H12N2O2. The first kappa shape index (κ1) is 12.6. The summed E-state index contributed by atoms with van der Waals surface area (Å²) in [5.74, 6) is 1.46. The van der Waals surface area contributed by atoms with Crippen LogP contribution in [0.3, 0.4) is 0 Å². The summed E-state index contributed by atoms with van der Waals surface area (Å²) in [6.45, 7) is 0. The highest BCUT2D eigenvalue weighted by atomic mass is 16.4. The molecule has 2 aromatic heterocycles. The quantitative estimate of drug-likeness (QED) is 0.550. The van der Waals surface area contributed by atoms with Crippen LogP contribution in [0.15, 0.2) is 82.0 Å². The van der Waals surface area contributed by atoms with Crippen LogP contribution in [0.5, 0.6) is 0 Å². The molecule has 0 N–H and O–H groups in total. The van der Waals surface area contributed by atoms with Crippen molar-refractivity contribution in [3.8, 4) is 34.4 Å². The van der Waals surface area contributed by atoms with Gasteiger partial charge >= 0.3 is 0 Å². The van der Waals surface area contributed by atoms with Crippen LogP contribution in [-0.4, -0.2) is 9.97 Å². The summed E-state index contributed by atoms with van der Waals surface area (Å²) in [6.07, 6.45) is 3.08. The predicted molar refractivity (Wildman–Crippen MR) is 82.9 cm³/mol. The zero-order valence-electron chi connectivity index (χ0n) is 11.6. The average Bonchev–Trinajstić information content (AvgIpc) is 3.26. The number of rotatable bonds is 3. The average molecular weight is 288 g/mol. The second-order valence-corrected chi connectivity index (χ2v) is 4.77. The molecule has 0 amide bonds. The highest BCUT2D eigenvalue weighted by Crippen LogP contribution is 2.35. The van der Waals surface area contributed by atoms with E-state index < -0.39 is 0 Å². The molecule has 0 aliphatic rings. The zero-order valence-corrected chi connectivity index (χ0v) is 11.6. The van der Waals surface area contributed by atoms with Gasteiger partial charge in [0, 0.05) is 11.1 Å². The molecule has 2 aromatic carbocycles. The molecule has 2 heterocycles. The van der Waals surface area contributed by atoms with Gasteiger partial charge in [0.25, 0.3) is 11.8 Å². The van der Waals surface area contributed by atoms with Crippen LogP contribution in [0, 0.1) is 0 Å². The van der Waals surface area contributed by atoms with Gasteiger partial charge in [-0.1, -0.05) is 60.7 Å². The second kappa shape index (κ2) is 5.33. The summed E-state index contributed by atoms with van der Waals surface area (Å²) in [5.41, 5.74) is 2.73. The third kappa shape index (κ3) is 2.20. The Morgan fingerprint density at radius 2 is 1.41 bits per heavy atom. The van der Waals surface area contributed by atoms with Crippen LogP contribution in [0.25, 0.3) is 34.4 Å². The number of hydrogen-bond acceptors (Lipinski definition) is 4. The van der Waals surface area contributed by atoms with Crippen LogP contribution in [-0.2, 0) is 0 Å². The van der Waals surface area contributed by atoms with E-state index in [1.165, 1.54) is 6.26 Å². The van der Waals surface area contributed by atoms with Gasteiger partial charge in [-0.05, 0) is 0 Å². The maximum atomic E-state index is 5.93. The number of oxazole rings is 2. The molecular weight excluding hydrogens is 276 g/mol. The topological polar surface area (TPSA) is 52.1 Å². The van der Waals surface area contributed by atoms with Crippen molar-refractivity contribution in [3.05, 3.63) is 73.1 Å². The minimum absolute atomic E-state index is 0.374. The third-order valence-corrected chi connectivity index (χ3v) is 3.33. The van der Waals surface area contributed by atoms with Gasteiger partial charge in [0.05, 0.1) is 6.20 Å². The second-order valence-electron chi connectivity index (χ2n) is 4.77. The first-order chi connectivity index (χ1) is 10.9. The van der Waals surface area contributed by atoms with Crippen molar-refractivity contribution in [2.45, 2.75) is 0 Å². The minimum Gasteiger partial charge on any atom is -0.441 e. The van der Waals surface area contributed by atoms with Crippen molar-refractivity contribution in [2.24, 2.45) is 0 Å². The maximum Gasteiger partial charge on any atom is 0.284 e. The lowest BCUT2D eigenvalue weighted by atomic mass is 10.1. The Morgan fingerprint density at radius 3 is 2.05 bits per heavy atom. The van der Waals surface area contributed by atoms with E-state index in [1.54, 1.807) is 6.20 Å². The normalized spacial score (nSPS) is 10.7. The molecule has 4 aromatic rings. The van der Waals surface area contributed by atoms with E-state index >= 15 is 0 Å². The molecule has 0 saturated heterocycles. The Balaban J connectivity index is 1.92. The summed E-state index contributed by atoms with van der Waals surface area (Å²) < 4.78 is 11.2. The molecule has 0 atom stereocenters. The lowest BCUT2D eigenvalue weighted by Crippen LogP contribution is -1.82. The Bertz CT molecular complexity index is 809. The highest BCUT2D eigenvalue weighted by molar-refractivity contribution is 5.78. The number of hydrogen-bond donors (Lipinski definition) is 0. The Kier molecular flexibility index (Phi) is 3.05. The van der Waals surface area contributed by atoms with Crippen LogP contribution < -0.4 is 0 Å².